The Hall–Kier alpha value is -1.13. The summed E-state index contributed by atoms with van der Waals surface area (Å²) < 4.78 is 18.9. The van der Waals surface area contributed by atoms with E-state index in [4.69, 9.17) is 4.74 Å². The molecule has 0 saturated heterocycles. The van der Waals surface area contributed by atoms with Crippen LogP contribution in [-0.4, -0.2) is 43.7 Å². The first kappa shape index (κ1) is 14.3. The topological polar surface area (TPSA) is 24.5 Å². The average molecular weight is 266 g/mol. The normalized spacial score (nSPS) is 17.9. The molecule has 19 heavy (non-hydrogen) atoms. The van der Waals surface area contributed by atoms with Gasteiger partial charge in [0.15, 0.2) is 0 Å². The van der Waals surface area contributed by atoms with Crippen molar-refractivity contribution in [3.05, 3.63) is 29.6 Å². The number of nitrogens with zero attached hydrogens (tertiary/aromatic N) is 1. The molecule has 1 atom stereocenters. The molecule has 1 aliphatic heterocycles. The van der Waals surface area contributed by atoms with E-state index in [2.05, 4.69) is 31.1 Å². The average Bonchev–Trinajstić information content (AvgIpc) is 2.75. The molecule has 0 aromatic heterocycles. The van der Waals surface area contributed by atoms with Crippen LogP contribution in [0.2, 0.25) is 0 Å². The van der Waals surface area contributed by atoms with E-state index in [0.29, 0.717) is 6.04 Å². The minimum Gasteiger partial charge on any atom is -0.488 e. The van der Waals surface area contributed by atoms with Crippen molar-refractivity contribution in [2.75, 3.05) is 26.7 Å². The quantitative estimate of drug-likeness (QED) is 0.798. The highest BCUT2D eigenvalue weighted by molar-refractivity contribution is 5.37. The van der Waals surface area contributed by atoms with E-state index in [1.807, 2.05) is 0 Å². The van der Waals surface area contributed by atoms with Gasteiger partial charge in [-0.1, -0.05) is 0 Å². The summed E-state index contributed by atoms with van der Waals surface area (Å²) in [6, 6.07) is 5.31. The third-order valence-electron chi connectivity index (χ3n) is 3.66. The molecule has 0 radical (unpaired) electrons. The number of hydrogen-bond acceptors (Lipinski definition) is 3. The number of halogens is 1. The van der Waals surface area contributed by atoms with Crippen molar-refractivity contribution in [2.24, 2.45) is 0 Å². The van der Waals surface area contributed by atoms with E-state index in [1.165, 1.54) is 6.07 Å². The van der Waals surface area contributed by atoms with Crippen LogP contribution in [0, 0.1) is 5.82 Å². The van der Waals surface area contributed by atoms with Crippen molar-refractivity contribution in [1.82, 2.24) is 10.2 Å². The Kier molecular flexibility index (Phi) is 4.77. The van der Waals surface area contributed by atoms with Crippen molar-refractivity contribution in [3.8, 4) is 5.75 Å². The maximum Gasteiger partial charge on any atom is 0.123 e. The van der Waals surface area contributed by atoms with Gasteiger partial charge < -0.3 is 15.0 Å². The summed E-state index contributed by atoms with van der Waals surface area (Å²) in [6.45, 7) is 7.14. The van der Waals surface area contributed by atoms with E-state index >= 15 is 0 Å². The fourth-order valence-electron chi connectivity index (χ4n) is 2.18. The van der Waals surface area contributed by atoms with Gasteiger partial charge in [0, 0.05) is 37.7 Å². The van der Waals surface area contributed by atoms with Crippen LogP contribution in [0.15, 0.2) is 18.2 Å². The fraction of sp³-hybridized carbons (Fsp3) is 0.600. The van der Waals surface area contributed by atoms with E-state index in [-0.39, 0.29) is 11.9 Å². The zero-order valence-electron chi connectivity index (χ0n) is 11.9. The second kappa shape index (κ2) is 6.35. The Morgan fingerprint density at radius 1 is 1.47 bits per heavy atom. The standard InChI is InChI=1S/C15H23FN2O/c1-11(2)18(3)7-6-17-10-14-9-12-8-13(16)4-5-15(12)19-14/h4-5,8,11,14,17H,6-7,9-10H2,1-3H3. The van der Waals surface area contributed by atoms with E-state index in [1.54, 1.807) is 12.1 Å². The fourth-order valence-corrected chi connectivity index (χ4v) is 2.18. The molecule has 0 spiro atoms. The Morgan fingerprint density at radius 3 is 3.00 bits per heavy atom. The summed E-state index contributed by atoms with van der Waals surface area (Å²) in [7, 11) is 2.12. The highest BCUT2D eigenvalue weighted by Crippen LogP contribution is 2.28. The second-order valence-electron chi connectivity index (χ2n) is 5.47. The van der Waals surface area contributed by atoms with Crippen LogP contribution in [0.4, 0.5) is 4.39 Å². The second-order valence-corrected chi connectivity index (χ2v) is 5.47. The smallest absolute Gasteiger partial charge is 0.123 e. The monoisotopic (exact) mass is 266 g/mol. The third kappa shape index (κ3) is 3.91. The summed E-state index contributed by atoms with van der Waals surface area (Å²) in [5, 5.41) is 3.40. The predicted octanol–water partition coefficient (Wildman–Crippen LogP) is 2.06. The lowest BCUT2D eigenvalue weighted by Gasteiger charge is -2.21. The number of fused-ring (bicyclic) bond motifs is 1. The summed E-state index contributed by atoms with van der Waals surface area (Å²) in [6.07, 6.45) is 0.918. The maximum atomic E-state index is 13.1. The van der Waals surface area contributed by atoms with Crippen molar-refractivity contribution in [3.63, 3.8) is 0 Å². The zero-order chi connectivity index (χ0) is 13.8. The molecule has 3 nitrogen and oxygen atoms in total. The van der Waals surface area contributed by atoms with Crippen LogP contribution in [0.3, 0.4) is 0 Å². The molecule has 2 rings (SSSR count). The van der Waals surface area contributed by atoms with Gasteiger partial charge >= 0.3 is 0 Å². The number of rotatable bonds is 6. The van der Waals surface area contributed by atoms with Gasteiger partial charge in [-0.3, -0.25) is 0 Å². The van der Waals surface area contributed by atoms with Gasteiger partial charge in [0.25, 0.3) is 0 Å². The Bertz CT molecular complexity index is 423. The molecule has 1 unspecified atom stereocenters. The van der Waals surface area contributed by atoms with E-state index in [0.717, 1.165) is 37.4 Å². The van der Waals surface area contributed by atoms with Crippen LogP contribution >= 0.6 is 0 Å². The van der Waals surface area contributed by atoms with Crippen LogP contribution in [0.5, 0.6) is 5.75 Å². The largest absolute Gasteiger partial charge is 0.488 e. The molecule has 1 N–H and O–H groups in total. The molecule has 1 aliphatic rings. The van der Waals surface area contributed by atoms with Gasteiger partial charge in [0.05, 0.1) is 0 Å². The van der Waals surface area contributed by atoms with Gasteiger partial charge in [-0.2, -0.15) is 0 Å². The van der Waals surface area contributed by atoms with Crippen LogP contribution in [0.25, 0.3) is 0 Å². The molecule has 0 saturated carbocycles. The lowest BCUT2D eigenvalue weighted by Crippen LogP contribution is -2.37. The molecule has 1 aromatic rings. The van der Waals surface area contributed by atoms with Gasteiger partial charge in [-0.05, 0) is 39.1 Å². The molecule has 0 aliphatic carbocycles. The van der Waals surface area contributed by atoms with E-state index in [9.17, 15) is 4.39 Å². The SMILES string of the molecule is CC(C)N(C)CCNCC1Cc2cc(F)ccc2O1. The summed E-state index contributed by atoms with van der Waals surface area (Å²) >= 11 is 0. The molecule has 0 fully saturated rings. The van der Waals surface area contributed by atoms with Crippen molar-refractivity contribution >= 4 is 0 Å². The number of hydrogen-bond donors (Lipinski definition) is 1. The van der Waals surface area contributed by atoms with Crippen LogP contribution in [-0.2, 0) is 6.42 Å². The number of benzene rings is 1. The minimum atomic E-state index is -0.186. The third-order valence-corrected chi connectivity index (χ3v) is 3.66. The Labute approximate surface area is 114 Å². The van der Waals surface area contributed by atoms with Crippen molar-refractivity contribution < 1.29 is 9.13 Å². The number of likely N-dealkylation sites (N-methyl/N-ethyl adjacent to an activating group) is 1. The highest BCUT2D eigenvalue weighted by atomic mass is 19.1. The first-order valence-corrected chi connectivity index (χ1v) is 6.92. The van der Waals surface area contributed by atoms with Gasteiger partial charge in [-0.25, -0.2) is 4.39 Å². The summed E-state index contributed by atoms with van der Waals surface area (Å²) in [5.41, 5.74) is 0.978. The zero-order valence-corrected chi connectivity index (χ0v) is 11.9. The molecule has 106 valence electrons. The molecule has 1 heterocycles. The molecule has 0 bridgehead atoms. The maximum absolute atomic E-state index is 13.1. The number of nitrogens with one attached hydrogen (secondary N) is 1. The lowest BCUT2D eigenvalue weighted by atomic mass is 10.1. The lowest BCUT2D eigenvalue weighted by molar-refractivity contribution is 0.220. The van der Waals surface area contributed by atoms with Gasteiger partial charge in [0.1, 0.15) is 17.7 Å². The molecule has 1 aromatic carbocycles. The van der Waals surface area contributed by atoms with Gasteiger partial charge in [-0.15, -0.1) is 0 Å². The molecular formula is C15H23FN2O. The van der Waals surface area contributed by atoms with Gasteiger partial charge in [0.2, 0.25) is 0 Å². The summed E-state index contributed by atoms with van der Waals surface area (Å²) in [4.78, 5) is 2.30. The predicted molar refractivity (Wildman–Crippen MR) is 75.2 cm³/mol. The Balaban J connectivity index is 1.70. The molecule has 0 amide bonds. The highest BCUT2D eigenvalue weighted by Gasteiger charge is 2.22. The minimum absolute atomic E-state index is 0.126. The number of ether oxygens (including phenoxy) is 1. The summed E-state index contributed by atoms with van der Waals surface area (Å²) in [5.74, 6) is 0.641. The first-order chi connectivity index (χ1) is 9.06. The van der Waals surface area contributed by atoms with Crippen molar-refractivity contribution in [2.45, 2.75) is 32.4 Å². The van der Waals surface area contributed by atoms with Crippen molar-refractivity contribution in [1.29, 1.82) is 0 Å². The molecule has 4 heteroatoms. The molecular weight excluding hydrogens is 243 g/mol. The van der Waals surface area contributed by atoms with Crippen LogP contribution in [0.1, 0.15) is 19.4 Å². The van der Waals surface area contributed by atoms with Crippen LogP contribution < -0.4 is 10.1 Å². The first-order valence-electron chi connectivity index (χ1n) is 6.92. The Morgan fingerprint density at radius 2 is 2.26 bits per heavy atom. The van der Waals surface area contributed by atoms with E-state index < -0.39 is 0 Å².